The van der Waals surface area contributed by atoms with Crippen LogP contribution in [0.2, 0.25) is 10.0 Å². The third kappa shape index (κ3) is 5.05. The summed E-state index contributed by atoms with van der Waals surface area (Å²) in [6.45, 7) is 5.58. The lowest BCUT2D eigenvalue weighted by atomic mass is 10.1. The summed E-state index contributed by atoms with van der Waals surface area (Å²) in [7, 11) is 0. The zero-order valence-corrected chi connectivity index (χ0v) is 17.7. The molecule has 2 heterocycles. The molecule has 1 aromatic carbocycles. The Labute approximate surface area is 174 Å². The molecule has 3 rings (SSSR count). The molecule has 27 heavy (non-hydrogen) atoms. The SMILES string of the molecule is CC(C)c1nc(CCN)n(Cc2ccncc2)c1Sc1cc(Cl)cc(Cl)c1. The molecule has 0 saturated carbocycles. The van der Waals surface area contributed by atoms with Gasteiger partial charge in [-0.15, -0.1) is 0 Å². The highest BCUT2D eigenvalue weighted by Gasteiger charge is 2.20. The molecule has 0 amide bonds. The van der Waals surface area contributed by atoms with Gasteiger partial charge in [0, 0.05) is 40.3 Å². The molecule has 0 bridgehead atoms. The van der Waals surface area contributed by atoms with Gasteiger partial charge < -0.3 is 10.3 Å². The second kappa shape index (κ2) is 9.11. The summed E-state index contributed by atoms with van der Waals surface area (Å²) >= 11 is 14.0. The molecule has 0 aliphatic carbocycles. The van der Waals surface area contributed by atoms with E-state index in [1.165, 1.54) is 5.56 Å². The fraction of sp³-hybridized carbons (Fsp3) is 0.300. The summed E-state index contributed by atoms with van der Waals surface area (Å²) in [5, 5.41) is 2.35. The Morgan fingerprint density at radius 1 is 1.11 bits per heavy atom. The van der Waals surface area contributed by atoms with E-state index >= 15 is 0 Å². The topological polar surface area (TPSA) is 56.7 Å². The number of aromatic nitrogens is 3. The number of nitrogens with zero attached hydrogens (tertiary/aromatic N) is 3. The van der Waals surface area contributed by atoms with Crippen LogP contribution in [0.5, 0.6) is 0 Å². The van der Waals surface area contributed by atoms with Crippen LogP contribution in [0.15, 0.2) is 52.6 Å². The fourth-order valence-electron chi connectivity index (χ4n) is 2.84. The Bertz CT molecular complexity index is 890. The summed E-state index contributed by atoms with van der Waals surface area (Å²) in [5.74, 6) is 1.28. The zero-order chi connectivity index (χ0) is 19.4. The molecule has 4 nitrogen and oxygen atoms in total. The van der Waals surface area contributed by atoms with Crippen molar-refractivity contribution < 1.29 is 0 Å². The number of benzene rings is 1. The van der Waals surface area contributed by atoms with Gasteiger partial charge in [0.1, 0.15) is 10.9 Å². The monoisotopic (exact) mass is 420 g/mol. The number of hydrogen-bond donors (Lipinski definition) is 1. The molecule has 0 saturated heterocycles. The highest BCUT2D eigenvalue weighted by Crippen LogP contribution is 2.37. The van der Waals surface area contributed by atoms with Crippen LogP contribution in [-0.4, -0.2) is 21.1 Å². The highest BCUT2D eigenvalue weighted by atomic mass is 35.5. The molecule has 3 aromatic rings. The Morgan fingerprint density at radius 3 is 2.37 bits per heavy atom. The Morgan fingerprint density at radius 2 is 1.78 bits per heavy atom. The van der Waals surface area contributed by atoms with Gasteiger partial charge in [-0.2, -0.15) is 0 Å². The second-order valence-electron chi connectivity index (χ2n) is 6.56. The molecule has 0 aliphatic rings. The third-order valence-electron chi connectivity index (χ3n) is 4.08. The van der Waals surface area contributed by atoms with Gasteiger partial charge in [0.25, 0.3) is 0 Å². The van der Waals surface area contributed by atoms with Gasteiger partial charge in [-0.25, -0.2) is 4.98 Å². The van der Waals surface area contributed by atoms with Crippen LogP contribution >= 0.6 is 35.0 Å². The average molecular weight is 421 g/mol. The lowest BCUT2D eigenvalue weighted by Gasteiger charge is -2.14. The maximum atomic E-state index is 6.20. The lowest BCUT2D eigenvalue weighted by molar-refractivity contribution is 0.664. The Balaban J connectivity index is 2.08. The smallest absolute Gasteiger partial charge is 0.111 e. The van der Waals surface area contributed by atoms with Crippen LogP contribution in [0.1, 0.15) is 36.8 Å². The van der Waals surface area contributed by atoms with Crippen molar-refractivity contribution in [2.45, 2.75) is 42.7 Å². The van der Waals surface area contributed by atoms with E-state index in [4.69, 9.17) is 33.9 Å². The van der Waals surface area contributed by atoms with Crippen molar-refractivity contribution in [1.29, 1.82) is 0 Å². The van der Waals surface area contributed by atoms with Gasteiger partial charge in [0.15, 0.2) is 0 Å². The van der Waals surface area contributed by atoms with Crippen LogP contribution in [0.25, 0.3) is 0 Å². The van der Waals surface area contributed by atoms with Crippen molar-refractivity contribution in [2.24, 2.45) is 5.73 Å². The number of nitrogens with two attached hydrogens (primary N) is 1. The Kier molecular flexibility index (Phi) is 6.82. The minimum Gasteiger partial charge on any atom is -0.330 e. The summed E-state index contributed by atoms with van der Waals surface area (Å²) in [6.07, 6.45) is 4.34. The first-order valence-corrected chi connectivity index (χ1v) is 10.4. The molecule has 0 aliphatic heterocycles. The average Bonchev–Trinajstić information content (AvgIpc) is 2.93. The van der Waals surface area contributed by atoms with Gasteiger partial charge in [-0.05, 0) is 48.4 Å². The van der Waals surface area contributed by atoms with E-state index in [0.29, 0.717) is 23.1 Å². The van der Waals surface area contributed by atoms with Gasteiger partial charge in [-0.3, -0.25) is 4.98 Å². The molecule has 142 valence electrons. The van der Waals surface area contributed by atoms with Gasteiger partial charge in [0.2, 0.25) is 0 Å². The van der Waals surface area contributed by atoms with Crippen molar-refractivity contribution in [3.05, 3.63) is 69.9 Å². The molecular weight excluding hydrogens is 399 g/mol. The molecule has 2 N–H and O–H groups in total. The van der Waals surface area contributed by atoms with Gasteiger partial charge >= 0.3 is 0 Å². The number of imidazole rings is 1. The number of halogens is 2. The minimum absolute atomic E-state index is 0.289. The van der Waals surface area contributed by atoms with Crippen LogP contribution in [-0.2, 0) is 13.0 Å². The molecule has 0 spiro atoms. The largest absolute Gasteiger partial charge is 0.330 e. The summed E-state index contributed by atoms with van der Waals surface area (Å²) in [5.41, 5.74) is 8.08. The van der Waals surface area contributed by atoms with Crippen molar-refractivity contribution in [1.82, 2.24) is 14.5 Å². The van der Waals surface area contributed by atoms with E-state index in [1.54, 1.807) is 17.8 Å². The molecule has 7 heteroatoms. The molecule has 0 radical (unpaired) electrons. The van der Waals surface area contributed by atoms with Crippen molar-refractivity contribution in [2.75, 3.05) is 6.54 Å². The van der Waals surface area contributed by atoms with Gasteiger partial charge in [-0.1, -0.05) is 48.8 Å². The maximum absolute atomic E-state index is 6.20. The number of pyridine rings is 1. The van der Waals surface area contributed by atoms with Crippen LogP contribution < -0.4 is 5.73 Å². The summed E-state index contributed by atoms with van der Waals surface area (Å²) < 4.78 is 2.25. The number of rotatable bonds is 7. The first-order chi connectivity index (χ1) is 13.0. The first-order valence-electron chi connectivity index (χ1n) is 8.80. The van der Waals surface area contributed by atoms with E-state index in [9.17, 15) is 0 Å². The summed E-state index contributed by atoms with van der Waals surface area (Å²) in [6, 6.07) is 9.63. The molecule has 0 unspecified atom stereocenters. The van der Waals surface area contributed by atoms with Crippen molar-refractivity contribution >= 4 is 35.0 Å². The van der Waals surface area contributed by atoms with E-state index in [2.05, 4.69) is 23.4 Å². The van der Waals surface area contributed by atoms with Crippen LogP contribution in [0.3, 0.4) is 0 Å². The normalized spacial score (nSPS) is 11.3. The second-order valence-corrected chi connectivity index (χ2v) is 8.50. The predicted molar refractivity (Wildman–Crippen MR) is 113 cm³/mol. The standard InChI is InChI=1S/C20H22Cl2N4S/c1-13(2)19-20(27-17-10-15(21)9-16(22)11-17)26(18(25-19)3-6-23)12-14-4-7-24-8-5-14/h4-5,7-11,13H,3,6,12,23H2,1-2H3. The molecule has 2 aromatic heterocycles. The van der Waals surface area contributed by atoms with Crippen molar-refractivity contribution in [3.63, 3.8) is 0 Å². The molecule has 0 atom stereocenters. The number of hydrogen-bond acceptors (Lipinski definition) is 4. The van der Waals surface area contributed by atoms with Gasteiger partial charge in [0.05, 0.1) is 5.69 Å². The highest BCUT2D eigenvalue weighted by molar-refractivity contribution is 7.99. The zero-order valence-electron chi connectivity index (χ0n) is 15.3. The van der Waals surface area contributed by atoms with E-state index in [1.807, 2.05) is 36.7 Å². The lowest BCUT2D eigenvalue weighted by Crippen LogP contribution is -2.11. The van der Waals surface area contributed by atoms with Crippen LogP contribution in [0, 0.1) is 0 Å². The Hall–Kier alpha value is -1.53. The quantitative estimate of drug-likeness (QED) is 0.554. The maximum Gasteiger partial charge on any atom is 0.111 e. The van der Waals surface area contributed by atoms with Crippen LogP contribution in [0.4, 0.5) is 0 Å². The minimum atomic E-state index is 0.289. The molecule has 0 fully saturated rings. The van der Waals surface area contributed by atoms with E-state index in [0.717, 1.165) is 27.9 Å². The predicted octanol–water partition coefficient (Wildman–Crippen LogP) is 5.41. The summed E-state index contributed by atoms with van der Waals surface area (Å²) in [4.78, 5) is 10.0. The van der Waals surface area contributed by atoms with Crippen molar-refractivity contribution in [3.8, 4) is 0 Å². The third-order valence-corrected chi connectivity index (χ3v) is 5.61. The fourth-order valence-corrected chi connectivity index (χ4v) is 4.76. The van der Waals surface area contributed by atoms with E-state index in [-0.39, 0.29) is 5.92 Å². The van der Waals surface area contributed by atoms with E-state index < -0.39 is 0 Å². The molecular formula is C20H22Cl2N4S. The first kappa shape index (κ1) is 20.2.